The Morgan fingerprint density at radius 1 is 1.44 bits per heavy atom. The van der Waals surface area contributed by atoms with Crippen molar-refractivity contribution in [2.45, 2.75) is 31.7 Å². The maximum atomic E-state index is 4.51. The van der Waals surface area contributed by atoms with Gasteiger partial charge in [0.1, 0.15) is 0 Å². The molecule has 16 heavy (non-hydrogen) atoms. The first-order chi connectivity index (χ1) is 7.88. The standard InChI is InChI=1S/C13H19N3/c1-14-12-5-6-15-13-4-3-10(9-11(12)13)16-7-2-8-16/h5-6,10H,2-4,7-9H2,1H3,(H,14,15). The van der Waals surface area contributed by atoms with E-state index in [0.717, 1.165) is 12.5 Å². The molecule has 0 spiro atoms. The van der Waals surface area contributed by atoms with Crippen LogP contribution in [-0.2, 0) is 12.8 Å². The summed E-state index contributed by atoms with van der Waals surface area (Å²) in [5.74, 6) is 0. The van der Waals surface area contributed by atoms with Gasteiger partial charge in [0.05, 0.1) is 0 Å². The molecule has 1 aromatic heterocycles. The van der Waals surface area contributed by atoms with E-state index in [1.165, 1.54) is 49.3 Å². The summed E-state index contributed by atoms with van der Waals surface area (Å²) in [6, 6.07) is 2.86. The van der Waals surface area contributed by atoms with Crippen LogP contribution in [0, 0.1) is 0 Å². The van der Waals surface area contributed by atoms with Gasteiger partial charge >= 0.3 is 0 Å². The Morgan fingerprint density at radius 3 is 3.00 bits per heavy atom. The molecule has 3 rings (SSSR count). The SMILES string of the molecule is CNc1ccnc2c1CC(N1CCC1)CC2. The second-order valence-corrected chi connectivity index (χ2v) is 4.82. The number of nitrogens with one attached hydrogen (secondary N) is 1. The molecule has 0 radical (unpaired) electrons. The topological polar surface area (TPSA) is 28.2 Å². The molecule has 1 aliphatic heterocycles. The van der Waals surface area contributed by atoms with Crippen molar-refractivity contribution in [3.63, 3.8) is 0 Å². The van der Waals surface area contributed by atoms with Gasteiger partial charge in [-0.05, 0) is 50.4 Å². The van der Waals surface area contributed by atoms with Crippen LogP contribution in [0.1, 0.15) is 24.1 Å². The van der Waals surface area contributed by atoms with E-state index in [-0.39, 0.29) is 0 Å². The summed E-state index contributed by atoms with van der Waals surface area (Å²) in [6.45, 7) is 2.60. The third-order valence-corrected chi connectivity index (χ3v) is 3.98. The van der Waals surface area contributed by atoms with E-state index in [1.807, 2.05) is 13.2 Å². The van der Waals surface area contributed by atoms with Crippen LogP contribution in [0.15, 0.2) is 12.3 Å². The van der Waals surface area contributed by atoms with Gasteiger partial charge in [-0.3, -0.25) is 9.88 Å². The minimum Gasteiger partial charge on any atom is -0.388 e. The normalized spacial score (nSPS) is 24.7. The number of pyridine rings is 1. The minimum atomic E-state index is 0.762. The summed E-state index contributed by atoms with van der Waals surface area (Å²) in [5.41, 5.74) is 4.03. The van der Waals surface area contributed by atoms with Crippen LogP contribution < -0.4 is 5.32 Å². The van der Waals surface area contributed by atoms with Gasteiger partial charge in [0.2, 0.25) is 0 Å². The van der Waals surface area contributed by atoms with Crippen molar-refractivity contribution < 1.29 is 0 Å². The molecule has 1 N–H and O–H groups in total. The first kappa shape index (κ1) is 10.1. The van der Waals surface area contributed by atoms with E-state index in [4.69, 9.17) is 0 Å². The molecule has 1 aromatic rings. The van der Waals surface area contributed by atoms with Crippen LogP contribution in [0.5, 0.6) is 0 Å². The molecule has 0 amide bonds. The second-order valence-electron chi connectivity index (χ2n) is 4.82. The van der Waals surface area contributed by atoms with Gasteiger partial charge < -0.3 is 5.32 Å². The number of likely N-dealkylation sites (tertiary alicyclic amines) is 1. The van der Waals surface area contributed by atoms with Gasteiger partial charge in [-0.1, -0.05) is 0 Å². The van der Waals surface area contributed by atoms with Crippen molar-refractivity contribution in [2.75, 3.05) is 25.5 Å². The molecule has 1 saturated heterocycles. The molecule has 2 aliphatic rings. The predicted octanol–water partition coefficient (Wildman–Crippen LogP) is 1.69. The third-order valence-electron chi connectivity index (χ3n) is 3.98. The Labute approximate surface area is 96.9 Å². The summed E-state index contributed by atoms with van der Waals surface area (Å²) in [7, 11) is 2.00. The first-order valence-corrected chi connectivity index (χ1v) is 6.27. The number of hydrogen-bond acceptors (Lipinski definition) is 3. The molecule has 3 heteroatoms. The van der Waals surface area contributed by atoms with Crippen molar-refractivity contribution in [3.05, 3.63) is 23.5 Å². The zero-order valence-corrected chi connectivity index (χ0v) is 9.87. The van der Waals surface area contributed by atoms with Crippen LogP contribution in [0.4, 0.5) is 5.69 Å². The molecule has 0 saturated carbocycles. The molecule has 2 heterocycles. The summed E-state index contributed by atoms with van der Waals surface area (Å²) in [5, 5.41) is 3.29. The lowest BCUT2D eigenvalue weighted by molar-refractivity contribution is 0.107. The highest BCUT2D eigenvalue weighted by Crippen LogP contribution is 2.30. The molecular weight excluding hydrogens is 198 g/mol. The van der Waals surface area contributed by atoms with Crippen molar-refractivity contribution >= 4 is 5.69 Å². The Bertz CT molecular complexity index is 371. The molecule has 3 nitrogen and oxygen atoms in total. The maximum absolute atomic E-state index is 4.51. The van der Waals surface area contributed by atoms with Gasteiger partial charge in [-0.2, -0.15) is 0 Å². The fraction of sp³-hybridized carbons (Fsp3) is 0.615. The monoisotopic (exact) mass is 217 g/mol. The Hall–Kier alpha value is -1.09. The highest BCUT2D eigenvalue weighted by Gasteiger charge is 2.29. The summed E-state index contributed by atoms with van der Waals surface area (Å²) in [6.07, 6.45) is 6.92. The number of aryl methyl sites for hydroxylation is 1. The molecule has 0 aromatic carbocycles. The molecule has 1 unspecified atom stereocenters. The van der Waals surface area contributed by atoms with Gasteiger partial charge in [0, 0.05) is 30.7 Å². The fourth-order valence-electron chi connectivity index (χ4n) is 2.87. The fourth-order valence-corrected chi connectivity index (χ4v) is 2.87. The van der Waals surface area contributed by atoms with Crippen molar-refractivity contribution in [1.82, 2.24) is 9.88 Å². The number of fused-ring (bicyclic) bond motifs is 1. The summed E-state index contributed by atoms with van der Waals surface area (Å²) < 4.78 is 0. The maximum Gasteiger partial charge on any atom is 0.0457 e. The van der Waals surface area contributed by atoms with Gasteiger partial charge in [0.15, 0.2) is 0 Å². The molecule has 1 atom stereocenters. The lowest BCUT2D eigenvalue weighted by atomic mass is 9.88. The zero-order valence-electron chi connectivity index (χ0n) is 9.87. The molecule has 1 fully saturated rings. The van der Waals surface area contributed by atoms with Crippen LogP contribution >= 0.6 is 0 Å². The molecule has 0 bridgehead atoms. The highest BCUT2D eigenvalue weighted by molar-refractivity contribution is 5.53. The Kier molecular flexibility index (Phi) is 2.56. The molecule has 86 valence electrons. The highest BCUT2D eigenvalue weighted by atomic mass is 15.2. The van der Waals surface area contributed by atoms with Crippen molar-refractivity contribution in [2.24, 2.45) is 0 Å². The van der Waals surface area contributed by atoms with Crippen molar-refractivity contribution in [1.29, 1.82) is 0 Å². The number of anilines is 1. The second kappa shape index (κ2) is 4.06. The van der Waals surface area contributed by atoms with Gasteiger partial charge in [0.25, 0.3) is 0 Å². The van der Waals surface area contributed by atoms with Crippen LogP contribution in [0.3, 0.4) is 0 Å². The lowest BCUT2D eigenvalue weighted by Gasteiger charge is -2.40. The van der Waals surface area contributed by atoms with Crippen LogP contribution in [0.2, 0.25) is 0 Å². The summed E-state index contributed by atoms with van der Waals surface area (Å²) >= 11 is 0. The average Bonchev–Trinajstić information content (AvgIpc) is 2.26. The van der Waals surface area contributed by atoms with E-state index in [2.05, 4.69) is 21.3 Å². The number of rotatable bonds is 2. The first-order valence-electron chi connectivity index (χ1n) is 6.27. The molecule has 1 aliphatic carbocycles. The van der Waals surface area contributed by atoms with Crippen molar-refractivity contribution in [3.8, 4) is 0 Å². The van der Waals surface area contributed by atoms with Gasteiger partial charge in [-0.25, -0.2) is 0 Å². The van der Waals surface area contributed by atoms with Gasteiger partial charge in [-0.15, -0.1) is 0 Å². The van der Waals surface area contributed by atoms with E-state index in [0.29, 0.717) is 0 Å². The molecular formula is C13H19N3. The number of hydrogen-bond donors (Lipinski definition) is 1. The smallest absolute Gasteiger partial charge is 0.0457 e. The number of aromatic nitrogens is 1. The number of nitrogens with zero attached hydrogens (tertiary/aromatic N) is 2. The summed E-state index contributed by atoms with van der Waals surface area (Å²) in [4.78, 5) is 7.13. The van der Waals surface area contributed by atoms with Crippen LogP contribution in [0.25, 0.3) is 0 Å². The van der Waals surface area contributed by atoms with E-state index < -0.39 is 0 Å². The average molecular weight is 217 g/mol. The van der Waals surface area contributed by atoms with Crippen LogP contribution in [-0.4, -0.2) is 36.1 Å². The predicted molar refractivity (Wildman–Crippen MR) is 65.8 cm³/mol. The Morgan fingerprint density at radius 2 is 2.31 bits per heavy atom. The lowest BCUT2D eigenvalue weighted by Crippen LogP contribution is -2.47. The van der Waals surface area contributed by atoms with E-state index >= 15 is 0 Å². The van der Waals surface area contributed by atoms with E-state index in [9.17, 15) is 0 Å². The largest absolute Gasteiger partial charge is 0.388 e. The quantitative estimate of drug-likeness (QED) is 0.817. The third kappa shape index (κ3) is 1.59. The Balaban J connectivity index is 1.85. The van der Waals surface area contributed by atoms with E-state index in [1.54, 1.807) is 0 Å². The zero-order chi connectivity index (χ0) is 11.0. The minimum absolute atomic E-state index is 0.762.